The maximum Gasteiger partial charge on any atom is 0.321 e. The first kappa shape index (κ1) is 18.5. The third-order valence-corrected chi connectivity index (χ3v) is 3.80. The first-order valence-corrected chi connectivity index (χ1v) is 7.55. The molecule has 0 atom stereocenters. The highest BCUT2D eigenvalue weighted by Gasteiger charge is 2.24. The van der Waals surface area contributed by atoms with Crippen molar-refractivity contribution in [3.05, 3.63) is 29.8 Å². The van der Waals surface area contributed by atoms with Gasteiger partial charge in [-0.05, 0) is 12.1 Å². The fourth-order valence-electron chi connectivity index (χ4n) is 1.36. The van der Waals surface area contributed by atoms with Crippen molar-refractivity contribution in [3.63, 3.8) is 0 Å². The molecule has 0 unspecified atom stereocenters. The van der Waals surface area contributed by atoms with Crippen LogP contribution < -0.4 is 10.0 Å². The number of esters is 1. The van der Waals surface area contributed by atoms with Crippen molar-refractivity contribution in [2.45, 2.75) is 4.90 Å². The van der Waals surface area contributed by atoms with E-state index < -0.39 is 51.6 Å². The summed E-state index contributed by atoms with van der Waals surface area (Å²) in [6, 6.07) is 2.50. The zero-order chi connectivity index (χ0) is 17.5. The summed E-state index contributed by atoms with van der Waals surface area (Å²) < 4.78 is 56.4. The molecule has 1 aromatic rings. The van der Waals surface area contributed by atoms with Gasteiger partial charge in [-0.15, -0.1) is 6.42 Å². The van der Waals surface area contributed by atoms with E-state index in [9.17, 15) is 26.8 Å². The average molecular weight is 346 g/mol. The second kappa shape index (κ2) is 8.21. The van der Waals surface area contributed by atoms with Gasteiger partial charge in [-0.25, -0.2) is 17.2 Å². The lowest BCUT2D eigenvalue weighted by Gasteiger charge is -2.08. The van der Waals surface area contributed by atoms with Crippen LogP contribution in [0, 0.1) is 24.0 Å². The van der Waals surface area contributed by atoms with Crippen LogP contribution >= 0.6 is 0 Å². The van der Waals surface area contributed by atoms with Gasteiger partial charge in [0.2, 0.25) is 10.0 Å². The van der Waals surface area contributed by atoms with E-state index in [2.05, 4.69) is 16.0 Å². The number of benzene rings is 1. The van der Waals surface area contributed by atoms with E-state index in [1.54, 1.807) is 4.72 Å². The molecule has 1 rings (SSSR count). The molecule has 0 saturated carbocycles. The lowest BCUT2D eigenvalue weighted by Crippen LogP contribution is -2.34. The van der Waals surface area contributed by atoms with Crippen molar-refractivity contribution in [2.75, 3.05) is 19.7 Å². The maximum absolute atomic E-state index is 13.4. The Morgan fingerprint density at radius 1 is 1.26 bits per heavy atom. The Balaban J connectivity index is 2.59. The highest BCUT2D eigenvalue weighted by molar-refractivity contribution is 7.89. The summed E-state index contributed by atoms with van der Waals surface area (Å²) in [5, 5.41) is 2.21. The number of hydrogen-bond donors (Lipinski definition) is 2. The van der Waals surface area contributed by atoms with E-state index >= 15 is 0 Å². The Hall–Kier alpha value is -2.51. The molecule has 10 heteroatoms. The van der Waals surface area contributed by atoms with Crippen molar-refractivity contribution in [1.82, 2.24) is 10.0 Å². The first-order chi connectivity index (χ1) is 10.8. The molecule has 0 aliphatic rings. The summed E-state index contributed by atoms with van der Waals surface area (Å²) in [6.07, 6.45) is 4.90. The molecule has 0 heterocycles. The molecule has 7 nitrogen and oxygen atoms in total. The maximum atomic E-state index is 13.4. The predicted molar refractivity (Wildman–Crippen MR) is 74.3 cm³/mol. The standard InChI is InChI=1S/C13H12F2N2O5S/c1-2-6-16-11(18)8-22-12(19)7-17-23(20,21)13-9(14)4-3-5-10(13)15/h1,3-5,17H,6-8H2,(H,16,18). The minimum atomic E-state index is -4.60. The van der Waals surface area contributed by atoms with E-state index in [4.69, 9.17) is 6.42 Å². The van der Waals surface area contributed by atoms with Crippen LogP contribution in [-0.2, 0) is 24.3 Å². The molecule has 1 amide bonds. The van der Waals surface area contributed by atoms with E-state index in [-0.39, 0.29) is 6.54 Å². The second-order valence-electron chi connectivity index (χ2n) is 4.02. The fourth-order valence-corrected chi connectivity index (χ4v) is 2.46. The minimum absolute atomic E-state index is 0.0599. The van der Waals surface area contributed by atoms with Gasteiger partial charge in [-0.3, -0.25) is 9.59 Å². The van der Waals surface area contributed by atoms with Crippen molar-refractivity contribution in [1.29, 1.82) is 0 Å². The van der Waals surface area contributed by atoms with Crippen molar-refractivity contribution < 1.29 is 31.5 Å². The third-order valence-electron chi connectivity index (χ3n) is 2.35. The molecule has 0 spiro atoms. The molecule has 0 aliphatic carbocycles. The van der Waals surface area contributed by atoms with Crippen LogP contribution in [0.25, 0.3) is 0 Å². The highest BCUT2D eigenvalue weighted by atomic mass is 32.2. The van der Waals surface area contributed by atoms with Crippen LogP contribution in [0.5, 0.6) is 0 Å². The van der Waals surface area contributed by atoms with Gasteiger partial charge in [0.1, 0.15) is 18.2 Å². The normalized spacial score (nSPS) is 10.7. The number of carbonyl (C=O) groups is 2. The Kier molecular flexibility index (Phi) is 6.62. The van der Waals surface area contributed by atoms with Crippen molar-refractivity contribution in [2.24, 2.45) is 0 Å². The highest BCUT2D eigenvalue weighted by Crippen LogP contribution is 2.17. The van der Waals surface area contributed by atoms with Gasteiger partial charge >= 0.3 is 5.97 Å². The summed E-state index contributed by atoms with van der Waals surface area (Å²) in [6.45, 7) is -1.63. The number of terminal acetylenes is 1. The number of amides is 1. The number of sulfonamides is 1. The van der Waals surface area contributed by atoms with E-state index in [1.165, 1.54) is 0 Å². The lowest BCUT2D eigenvalue weighted by atomic mass is 10.3. The number of nitrogens with one attached hydrogen (secondary N) is 2. The molecule has 0 aromatic heterocycles. The topological polar surface area (TPSA) is 102 Å². The lowest BCUT2D eigenvalue weighted by molar-refractivity contribution is -0.147. The zero-order valence-corrected chi connectivity index (χ0v) is 12.5. The molecule has 1 aromatic carbocycles. The molecule has 23 heavy (non-hydrogen) atoms. The van der Waals surface area contributed by atoms with Crippen LogP contribution in [0.15, 0.2) is 23.1 Å². The number of ether oxygens (including phenoxy) is 1. The van der Waals surface area contributed by atoms with Crippen LogP contribution in [0.3, 0.4) is 0 Å². The summed E-state index contributed by atoms with van der Waals surface area (Å²) in [4.78, 5) is 21.2. The number of halogens is 2. The third kappa shape index (κ3) is 5.65. The van der Waals surface area contributed by atoms with E-state index in [1.807, 2.05) is 0 Å². The zero-order valence-electron chi connectivity index (χ0n) is 11.6. The van der Waals surface area contributed by atoms with Gasteiger partial charge < -0.3 is 10.1 Å². The molecular formula is C13H12F2N2O5S. The van der Waals surface area contributed by atoms with Gasteiger partial charge in [-0.2, -0.15) is 4.72 Å². The summed E-state index contributed by atoms with van der Waals surface area (Å²) >= 11 is 0. The van der Waals surface area contributed by atoms with Gasteiger partial charge in [0.25, 0.3) is 5.91 Å². The van der Waals surface area contributed by atoms with Gasteiger partial charge in [0.05, 0.1) is 6.54 Å². The Bertz CT molecular complexity index is 723. The molecule has 0 aliphatic heterocycles. The molecule has 2 N–H and O–H groups in total. The van der Waals surface area contributed by atoms with Crippen molar-refractivity contribution >= 4 is 21.9 Å². The molecule has 0 radical (unpaired) electrons. The smallest absolute Gasteiger partial charge is 0.321 e. The molecule has 124 valence electrons. The molecule has 0 fully saturated rings. The Morgan fingerprint density at radius 3 is 2.43 bits per heavy atom. The summed E-state index contributed by atoms with van der Waals surface area (Å²) in [7, 11) is -4.60. The molecule has 0 bridgehead atoms. The van der Waals surface area contributed by atoms with Gasteiger partial charge in [0, 0.05) is 0 Å². The summed E-state index contributed by atoms with van der Waals surface area (Å²) in [5.41, 5.74) is 0. The van der Waals surface area contributed by atoms with Crippen molar-refractivity contribution in [3.8, 4) is 12.3 Å². The number of hydrogen-bond acceptors (Lipinski definition) is 5. The molecule has 0 saturated heterocycles. The van der Waals surface area contributed by atoms with E-state index in [0.717, 1.165) is 18.2 Å². The van der Waals surface area contributed by atoms with Crippen LogP contribution in [0.1, 0.15) is 0 Å². The fraction of sp³-hybridized carbons (Fsp3) is 0.231. The number of rotatable bonds is 7. The minimum Gasteiger partial charge on any atom is -0.455 e. The quantitative estimate of drug-likeness (QED) is 0.514. The van der Waals surface area contributed by atoms with Crippen LogP contribution in [0.2, 0.25) is 0 Å². The van der Waals surface area contributed by atoms with Crippen LogP contribution in [-0.4, -0.2) is 40.0 Å². The summed E-state index contributed by atoms with van der Waals surface area (Å²) in [5.74, 6) is -2.28. The Morgan fingerprint density at radius 2 is 1.87 bits per heavy atom. The van der Waals surface area contributed by atoms with Gasteiger partial charge in [0.15, 0.2) is 11.5 Å². The Labute approximate surface area is 131 Å². The second-order valence-corrected chi connectivity index (χ2v) is 5.72. The first-order valence-electron chi connectivity index (χ1n) is 6.07. The predicted octanol–water partition coefficient (Wildman–Crippen LogP) is -0.464. The SMILES string of the molecule is C#CCNC(=O)COC(=O)CNS(=O)(=O)c1c(F)cccc1F. The molecular weight excluding hydrogens is 334 g/mol. The number of carbonyl (C=O) groups excluding carboxylic acids is 2. The van der Waals surface area contributed by atoms with Crippen LogP contribution in [0.4, 0.5) is 8.78 Å². The average Bonchev–Trinajstić information content (AvgIpc) is 2.48. The monoisotopic (exact) mass is 346 g/mol. The van der Waals surface area contributed by atoms with Gasteiger partial charge in [-0.1, -0.05) is 12.0 Å². The largest absolute Gasteiger partial charge is 0.455 e. The van der Waals surface area contributed by atoms with E-state index in [0.29, 0.717) is 0 Å².